The first kappa shape index (κ1) is 20.5. The van der Waals surface area contributed by atoms with Crippen molar-refractivity contribution in [2.24, 2.45) is 0 Å². The third-order valence-electron chi connectivity index (χ3n) is 5.43. The lowest BCUT2D eigenvalue weighted by Gasteiger charge is -2.28. The summed E-state index contributed by atoms with van der Waals surface area (Å²) in [7, 11) is 0. The molecule has 4 rings (SSSR count). The van der Waals surface area contributed by atoms with Gasteiger partial charge in [0, 0.05) is 17.8 Å². The van der Waals surface area contributed by atoms with Gasteiger partial charge in [0.15, 0.2) is 6.54 Å². The van der Waals surface area contributed by atoms with Crippen molar-refractivity contribution in [1.29, 1.82) is 0 Å². The normalized spacial score (nSPS) is 18.8. The molecule has 0 aliphatic carbocycles. The minimum absolute atomic E-state index is 0.0250. The fourth-order valence-electron chi connectivity index (χ4n) is 4.02. The Morgan fingerprint density at radius 3 is 2.90 bits per heavy atom. The Bertz CT molecular complexity index is 1020. The van der Waals surface area contributed by atoms with Crippen LogP contribution in [-0.2, 0) is 4.79 Å². The molecule has 156 valence electrons. The Balaban J connectivity index is 1.36. The molecular weight excluding hydrogens is 396 g/mol. The van der Waals surface area contributed by atoms with Crippen LogP contribution in [0.15, 0.2) is 48.5 Å². The second-order valence-electron chi connectivity index (χ2n) is 7.73. The number of carbonyl (C=O) groups is 2. The zero-order chi connectivity index (χ0) is 20.9. The van der Waals surface area contributed by atoms with Crippen molar-refractivity contribution >= 4 is 39.1 Å². The van der Waals surface area contributed by atoms with Crippen molar-refractivity contribution in [3.8, 4) is 0 Å². The van der Waals surface area contributed by atoms with E-state index in [0.717, 1.165) is 31.4 Å². The number of piperidine rings is 1. The molecule has 1 unspecified atom stereocenters. The van der Waals surface area contributed by atoms with Crippen LogP contribution >= 0.6 is 11.3 Å². The van der Waals surface area contributed by atoms with Gasteiger partial charge >= 0.3 is 0 Å². The molecule has 1 fully saturated rings. The second kappa shape index (κ2) is 9.36. The van der Waals surface area contributed by atoms with Crippen LogP contribution in [-0.4, -0.2) is 43.0 Å². The number of para-hydroxylation sites is 1. The maximum Gasteiger partial charge on any atom is 0.279 e. The molecule has 0 saturated carbocycles. The van der Waals surface area contributed by atoms with Crippen LogP contribution in [0.4, 0.5) is 5.69 Å². The predicted octanol–water partition coefficient (Wildman–Crippen LogP) is 2.45. The van der Waals surface area contributed by atoms with Crippen LogP contribution in [0.3, 0.4) is 0 Å². The average Bonchev–Trinajstić information content (AvgIpc) is 3.19. The van der Waals surface area contributed by atoms with Crippen LogP contribution in [0.2, 0.25) is 0 Å². The number of fused-ring (bicyclic) bond motifs is 1. The monoisotopic (exact) mass is 423 g/mol. The summed E-state index contributed by atoms with van der Waals surface area (Å²) in [5.41, 5.74) is 2.27. The highest BCUT2D eigenvalue weighted by Crippen LogP contribution is 2.30. The number of nitrogens with one attached hydrogen (secondary N) is 3. The number of carbonyl (C=O) groups excluding carboxylic acids is 2. The van der Waals surface area contributed by atoms with E-state index >= 15 is 0 Å². The van der Waals surface area contributed by atoms with Gasteiger partial charge in [-0.1, -0.05) is 18.2 Å². The summed E-state index contributed by atoms with van der Waals surface area (Å²) in [6, 6.07) is 15.3. The van der Waals surface area contributed by atoms with Gasteiger partial charge in [-0.15, -0.1) is 11.3 Å². The third kappa shape index (κ3) is 4.86. The minimum atomic E-state index is -0.131. The zero-order valence-corrected chi connectivity index (χ0v) is 17.9. The molecule has 2 atom stereocenters. The first-order chi connectivity index (χ1) is 14.6. The molecule has 7 heteroatoms. The van der Waals surface area contributed by atoms with Gasteiger partial charge in [0.1, 0.15) is 5.01 Å². The van der Waals surface area contributed by atoms with E-state index in [1.54, 1.807) is 29.5 Å². The van der Waals surface area contributed by atoms with E-state index in [2.05, 4.69) is 22.8 Å². The predicted molar refractivity (Wildman–Crippen MR) is 120 cm³/mol. The molecule has 6 nitrogen and oxygen atoms in total. The molecule has 30 heavy (non-hydrogen) atoms. The minimum Gasteiger partial charge on any atom is -0.352 e. The number of rotatable bonds is 6. The van der Waals surface area contributed by atoms with Crippen LogP contribution in [0.25, 0.3) is 10.2 Å². The molecule has 3 N–H and O–H groups in total. The van der Waals surface area contributed by atoms with E-state index in [1.165, 1.54) is 14.6 Å². The number of anilines is 1. The third-order valence-corrected chi connectivity index (χ3v) is 6.63. The van der Waals surface area contributed by atoms with Gasteiger partial charge in [0.2, 0.25) is 0 Å². The summed E-state index contributed by atoms with van der Waals surface area (Å²) in [5.74, 6) is 0.247. The van der Waals surface area contributed by atoms with Gasteiger partial charge in [-0.2, -0.15) is 0 Å². The molecule has 0 spiro atoms. The van der Waals surface area contributed by atoms with Crippen molar-refractivity contribution in [2.45, 2.75) is 25.7 Å². The van der Waals surface area contributed by atoms with Crippen LogP contribution in [0.5, 0.6) is 0 Å². The molecule has 2 aromatic carbocycles. The highest BCUT2D eigenvalue weighted by Gasteiger charge is 2.28. The SMILES string of the molecule is CCNC(=O)c1cccc(NC(=O)C[NH+]2CCC[C@H](c3nc4ccccc4s3)C2)c1. The van der Waals surface area contributed by atoms with Crippen LogP contribution in [0, 0.1) is 0 Å². The number of quaternary nitrogens is 1. The lowest BCUT2D eigenvalue weighted by molar-refractivity contribution is -0.898. The van der Waals surface area contributed by atoms with Crippen LogP contribution in [0.1, 0.15) is 41.0 Å². The smallest absolute Gasteiger partial charge is 0.279 e. The summed E-state index contributed by atoms with van der Waals surface area (Å²) < 4.78 is 1.23. The Morgan fingerprint density at radius 2 is 2.07 bits per heavy atom. The zero-order valence-electron chi connectivity index (χ0n) is 17.1. The van der Waals surface area contributed by atoms with Crippen molar-refractivity contribution in [1.82, 2.24) is 10.3 Å². The van der Waals surface area contributed by atoms with Crippen molar-refractivity contribution in [3.05, 3.63) is 59.1 Å². The van der Waals surface area contributed by atoms with Crippen molar-refractivity contribution in [3.63, 3.8) is 0 Å². The molecular formula is C23H27N4O2S+. The number of aromatic nitrogens is 1. The molecule has 1 aliphatic heterocycles. The van der Waals surface area contributed by atoms with Gasteiger partial charge in [-0.25, -0.2) is 4.98 Å². The first-order valence-electron chi connectivity index (χ1n) is 10.5. The summed E-state index contributed by atoms with van der Waals surface area (Å²) in [6.07, 6.45) is 2.22. The quantitative estimate of drug-likeness (QED) is 0.570. The Morgan fingerprint density at radius 1 is 1.20 bits per heavy atom. The standard InChI is InChI=1S/C23H26N4O2S/c1-2-24-22(29)16-7-5-9-18(13-16)25-21(28)15-27-12-6-8-17(14-27)23-26-19-10-3-4-11-20(19)30-23/h3-5,7,9-11,13,17H,2,6,8,12,14-15H2,1H3,(H,24,29)(H,25,28)/p+1/t17-/m0/s1. The van der Waals surface area contributed by atoms with Gasteiger partial charge in [-0.05, 0) is 50.1 Å². The maximum atomic E-state index is 12.6. The number of thiazole rings is 1. The molecule has 1 aliphatic rings. The van der Waals surface area contributed by atoms with Gasteiger partial charge in [0.05, 0.1) is 29.2 Å². The van der Waals surface area contributed by atoms with Crippen LogP contribution < -0.4 is 15.5 Å². The van der Waals surface area contributed by atoms with E-state index in [9.17, 15) is 9.59 Å². The van der Waals surface area contributed by atoms with E-state index in [4.69, 9.17) is 4.98 Å². The highest BCUT2D eigenvalue weighted by molar-refractivity contribution is 7.18. The fourth-order valence-corrected chi connectivity index (χ4v) is 5.12. The topological polar surface area (TPSA) is 75.5 Å². The van der Waals surface area contributed by atoms with Crippen molar-refractivity contribution in [2.75, 3.05) is 31.5 Å². The largest absolute Gasteiger partial charge is 0.352 e. The second-order valence-corrected chi connectivity index (χ2v) is 8.79. The molecule has 0 radical (unpaired) electrons. The molecule has 1 aromatic heterocycles. The fraction of sp³-hybridized carbons (Fsp3) is 0.348. The molecule has 3 aromatic rings. The lowest BCUT2D eigenvalue weighted by Crippen LogP contribution is -3.14. The van der Waals surface area contributed by atoms with E-state index < -0.39 is 0 Å². The van der Waals surface area contributed by atoms with Gasteiger partial charge in [-0.3, -0.25) is 9.59 Å². The Labute approximate surface area is 180 Å². The number of likely N-dealkylation sites (tertiary alicyclic amines) is 1. The number of hydrogen-bond donors (Lipinski definition) is 3. The first-order valence-corrected chi connectivity index (χ1v) is 11.3. The summed E-state index contributed by atoms with van der Waals surface area (Å²) in [5, 5.41) is 6.91. The van der Waals surface area contributed by atoms with E-state index in [-0.39, 0.29) is 11.8 Å². The number of benzene rings is 2. The van der Waals surface area contributed by atoms with Gasteiger partial charge in [0.25, 0.3) is 11.8 Å². The molecule has 0 bridgehead atoms. The molecule has 2 amide bonds. The summed E-state index contributed by atoms with van der Waals surface area (Å²) in [4.78, 5) is 30.7. The average molecular weight is 424 g/mol. The highest BCUT2D eigenvalue weighted by atomic mass is 32.1. The summed E-state index contributed by atoms with van der Waals surface area (Å²) in [6.45, 7) is 4.79. The number of hydrogen-bond acceptors (Lipinski definition) is 4. The number of nitrogens with zero attached hydrogens (tertiary/aromatic N) is 1. The van der Waals surface area contributed by atoms with E-state index in [0.29, 0.717) is 30.3 Å². The Kier molecular flexibility index (Phi) is 6.40. The molecule has 1 saturated heterocycles. The maximum absolute atomic E-state index is 12.6. The van der Waals surface area contributed by atoms with Crippen molar-refractivity contribution < 1.29 is 14.5 Å². The molecule has 2 heterocycles. The number of amides is 2. The van der Waals surface area contributed by atoms with E-state index in [1.807, 2.05) is 25.1 Å². The Hall–Kier alpha value is -2.77. The lowest BCUT2D eigenvalue weighted by atomic mass is 9.99. The van der Waals surface area contributed by atoms with Gasteiger partial charge < -0.3 is 15.5 Å². The summed E-state index contributed by atoms with van der Waals surface area (Å²) >= 11 is 1.77.